The molecule has 0 aliphatic rings. The molecule has 0 saturated carbocycles. The van der Waals surface area contributed by atoms with Gasteiger partial charge < -0.3 is 0 Å². The lowest BCUT2D eigenvalue weighted by atomic mass is 9.85. The molecule has 0 aliphatic carbocycles. The van der Waals surface area contributed by atoms with E-state index in [0.29, 0.717) is 0 Å². The van der Waals surface area contributed by atoms with Gasteiger partial charge in [0.1, 0.15) is 0 Å². The first-order valence-electron chi connectivity index (χ1n) is 10.3. The van der Waals surface area contributed by atoms with Crippen molar-refractivity contribution in [2.75, 3.05) is 0 Å². The molecule has 0 nitrogen and oxygen atoms in total. The van der Waals surface area contributed by atoms with Crippen molar-refractivity contribution >= 4 is 11.1 Å². The highest BCUT2D eigenvalue weighted by Gasteiger charge is 2.15. The summed E-state index contributed by atoms with van der Waals surface area (Å²) in [6.07, 6.45) is 0. The molecule has 29 heavy (non-hydrogen) atoms. The van der Waals surface area contributed by atoms with Crippen LogP contribution in [0.5, 0.6) is 0 Å². The minimum absolute atomic E-state index is 1.23. The van der Waals surface area contributed by atoms with Crippen molar-refractivity contribution in [3.8, 4) is 0 Å². The maximum atomic E-state index is 2.23. The zero-order valence-electron chi connectivity index (χ0n) is 17.5. The van der Waals surface area contributed by atoms with Gasteiger partial charge in [-0.2, -0.15) is 0 Å². The Morgan fingerprint density at radius 3 is 0.966 bits per heavy atom. The van der Waals surface area contributed by atoms with Crippen LogP contribution in [0.1, 0.15) is 41.7 Å². The Morgan fingerprint density at radius 1 is 0.379 bits per heavy atom. The molecule has 0 spiro atoms. The number of benzene rings is 4. The van der Waals surface area contributed by atoms with E-state index >= 15 is 0 Å². The highest BCUT2D eigenvalue weighted by molar-refractivity contribution is 6.04. The normalized spacial score (nSPS) is 9.90. The Hall–Kier alpha value is -3.38. The van der Waals surface area contributed by atoms with Gasteiger partial charge in [-0.25, -0.2) is 0 Å². The van der Waals surface area contributed by atoms with E-state index in [0.717, 1.165) is 0 Å². The molecular weight excluding hydrogens is 348 g/mol. The number of hydrogen-bond donors (Lipinski definition) is 0. The van der Waals surface area contributed by atoms with E-state index in [9.17, 15) is 0 Å². The van der Waals surface area contributed by atoms with Gasteiger partial charge >= 0.3 is 0 Å². The molecule has 0 N–H and O–H groups in total. The van der Waals surface area contributed by atoms with Crippen LogP contribution in [0.25, 0.3) is 11.1 Å². The van der Waals surface area contributed by atoms with Crippen molar-refractivity contribution in [2.24, 2.45) is 0 Å². The second kappa shape index (κ2) is 10.2. The van der Waals surface area contributed by atoms with Crippen LogP contribution in [0, 0.1) is 6.92 Å². The number of rotatable bonds is 4. The third-order valence-electron chi connectivity index (χ3n) is 4.78. The van der Waals surface area contributed by atoms with E-state index in [4.69, 9.17) is 0 Å². The molecule has 0 saturated heterocycles. The molecule has 4 aromatic rings. The molecule has 0 amide bonds. The monoisotopic (exact) mass is 376 g/mol. The fraction of sp³-hybridized carbons (Fsp3) is 0.103. The molecular formula is C29H28. The third-order valence-corrected chi connectivity index (χ3v) is 4.78. The summed E-state index contributed by atoms with van der Waals surface area (Å²) in [6.45, 7) is 6.13. The maximum Gasteiger partial charge on any atom is -0.00268 e. The maximum absolute atomic E-state index is 2.23. The predicted octanol–water partition coefficient (Wildman–Crippen LogP) is 8.03. The van der Waals surface area contributed by atoms with Crippen LogP contribution >= 0.6 is 0 Å². The molecule has 4 aromatic carbocycles. The second-order valence-electron chi connectivity index (χ2n) is 6.71. The van der Waals surface area contributed by atoms with Crippen LogP contribution in [0.2, 0.25) is 0 Å². The lowest BCUT2D eigenvalue weighted by Gasteiger charge is -2.18. The molecule has 0 radical (unpaired) electrons. The van der Waals surface area contributed by atoms with Crippen LogP contribution in [0.4, 0.5) is 0 Å². The van der Waals surface area contributed by atoms with Crippen LogP contribution in [-0.4, -0.2) is 0 Å². The Bertz CT molecular complexity index is 984. The van der Waals surface area contributed by atoms with Crippen molar-refractivity contribution in [3.05, 3.63) is 143 Å². The average Bonchev–Trinajstić information content (AvgIpc) is 2.81. The molecule has 0 aliphatic heterocycles. The van der Waals surface area contributed by atoms with Gasteiger partial charge in [0.15, 0.2) is 0 Å². The smallest absolute Gasteiger partial charge is 0.00268 e. The first-order chi connectivity index (χ1) is 14.3. The third kappa shape index (κ3) is 4.92. The van der Waals surface area contributed by atoms with Crippen molar-refractivity contribution in [1.82, 2.24) is 0 Å². The van der Waals surface area contributed by atoms with Crippen molar-refractivity contribution in [3.63, 3.8) is 0 Å². The average molecular weight is 377 g/mol. The first-order valence-corrected chi connectivity index (χ1v) is 10.3. The fourth-order valence-electron chi connectivity index (χ4n) is 3.45. The summed E-state index contributed by atoms with van der Waals surface area (Å²) in [5.41, 5.74) is 8.69. The van der Waals surface area contributed by atoms with E-state index in [1.165, 1.54) is 39.0 Å². The lowest BCUT2D eigenvalue weighted by molar-refractivity contribution is 1.44. The van der Waals surface area contributed by atoms with Gasteiger partial charge in [-0.1, -0.05) is 135 Å². The molecule has 0 fully saturated rings. The largest absolute Gasteiger partial charge is 0.0683 e. The van der Waals surface area contributed by atoms with E-state index in [-0.39, 0.29) is 0 Å². The summed E-state index contributed by atoms with van der Waals surface area (Å²) in [5.74, 6) is 0. The Labute approximate surface area is 175 Å². The van der Waals surface area contributed by atoms with Gasteiger partial charge in [0.2, 0.25) is 0 Å². The Kier molecular flexibility index (Phi) is 7.19. The topological polar surface area (TPSA) is 0 Å². The highest BCUT2D eigenvalue weighted by Crippen LogP contribution is 2.36. The van der Waals surface area contributed by atoms with Crippen molar-refractivity contribution in [1.29, 1.82) is 0 Å². The fourth-order valence-corrected chi connectivity index (χ4v) is 3.45. The summed E-state index contributed by atoms with van der Waals surface area (Å²) < 4.78 is 0. The minimum atomic E-state index is 1.23. The SMILES string of the molecule is CC.Cc1ccc(C(=C(c2ccccc2)c2ccccc2)c2ccccc2)cc1. The quantitative estimate of drug-likeness (QED) is 0.316. The molecule has 0 heteroatoms. The molecule has 0 atom stereocenters. The summed E-state index contributed by atoms with van der Waals surface area (Å²) in [5, 5.41) is 0. The molecule has 144 valence electrons. The van der Waals surface area contributed by atoms with Crippen molar-refractivity contribution in [2.45, 2.75) is 20.8 Å². The number of aryl methyl sites for hydroxylation is 1. The molecule has 0 aromatic heterocycles. The standard InChI is InChI=1S/C27H22.C2H6/c1-21-17-19-25(20-18-21)27(24-15-9-4-10-16-24)26(22-11-5-2-6-12-22)23-13-7-3-8-14-23;1-2/h2-20H,1H3;1-2H3. The highest BCUT2D eigenvalue weighted by atomic mass is 14.2. The Balaban J connectivity index is 0.00000117. The van der Waals surface area contributed by atoms with E-state index in [1.807, 2.05) is 13.8 Å². The summed E-state index contributed by atoms with van der Waals surface area (Å²) in [4.78, 5) is 0. The van der Waals surface area contributed by atoms with E-state index in [1.54, 1.807) is 0 Å². The van der Waals surface area contributed by atoms with Crippen LogP contribution in [0.15, 0.2) is 115 Å². The van der Waals surface area contributed by atoms with Gasteiger partial charge in [-0.15, -0.1) is 0 Å². The minimum Gasteiger partial charge on any atom is -0.0683 e. The van der Waals surface area contributed by atoms with E-state index < -0.39 is 0 Å². The molecule has 0 heterocycles. The van der Waals surface area contributed by atoms with Gasteiger partial charge in [0.25, 0.3) is 0 Å². The molecule has 0 bridgehead atoms. The van der Waals surface area contributed by atoms with Gasteiger partial charge in [-0.3, -0.25) is 0 Å². The zero-order chi connectivity index (χ0) is 20.5. The van der Waals surface area contributed by atoms with Gasteiger partial charge in [-0.05, 0) is 40.3 Å². The van der Waals surface area contributed by atoms with Crippen LogP contribution in [0.3, 0.4) is 0 Å². The number of hydrogen-bond acceptors (Lipinski definition) is 0. The van der Waals surface area contributed by atoms with Crippen LogP contribution in [-0.2, 0) is 0 Å². The van der Waals surface area contributed by atoms with Crippen molar-refractivity contribution < 1.29 is 0 Å². The lowest BCUT2D eigenvalue weighted by Crippen LogP contribution is -1.97. The van der Waals surface area contributed by atoms with Gasteiger partial charge in [0.05, 0.1) is 0 Å². The Morgan fingerprint density at radius 2 is 0.655 bits per heavy atom. The zero-order valence-corrected chi connectivity index (χ0v) is 17.5. The predicted molar refractivity (Wildman–Crippen MR) is 127 cm³/mol. The first kappa shape index (κ1) is 20.4. The summed E-state index contributed by atoms with van der Waals surface area (Å²) in [7, 11) is 0. The van der Waals surface area contributed by atoms with Crippen LogP contribution < -0.4 is 0 Å². The summed E-state index contributed by atoms with van der Waals surface area (Å²) in [6, 6.07) is 40.8. The molecule has 4 rings (SSSR count). The second-order valence-corrected chi connectivity index (χ2v) is 6.71. The molecule has 0 unspecified atom stereocenters. The summed E-state index contributed by atoms with van der Waals surface area (Å²) >= 11 is 0. The van der Waals surface area contributed by atoms with E-state index in [2.05, 4.69) is 122 Å². The van der Waals surface area contributed by atoms with Gasteiger partial charge in [0, 0.05) is 0 Å².